The maximum atomic E-state index is 10.2. The Kier molecular flexibility index (Phi) is 3.11. The molecule has 2 rings (SSSR count). The molecule has 2 aromatic rings. The predicted molar refractivity (Wildman–Crippen MR) is 71.8 cm³/mol. The third-order valence-electron chi connectivity index (χ3n) is 2.73. The number of aromatic hydroxyl groups is 1. The van der Waals surface area contributed by atoms with E-state index in [2.05, 4.69) is 21.0 Å². The average Bonchev–Trinajstić information content (AvgIpc) is 2.62. The minimum Gasteiger partial charge on any atom is -0.507 e. The van der Waals surface area contributed by atoms with E-state index in [0.717, 1.165) is 16.5 Å². The molecule has 0 aliphatic rings. The number of anilines is 1. The van der Waals surface area contributed by atoms with Gasteiger partial charge in [0, 0.05) is 23.2 Å². The van der Waals surface area contributed by atoms with Crippen LogP contribution in [-0.4, -0.2) is 14.9 Å². The van der Waals surface area contributed by atoms with Gasteiger partial charge in [-0.05, 0) is 24.1 Å². The number of aryl methyl sites for hydroxylation is 2. The number of phenolic OH excluding ortho intramolecular Hbond substituents is 1. The van der Waals surface area contributed by atoms with E-state index in [1.165, 1.54) is 0 Å². The Morgan fingerprint density at radius 3 is 2.65 bits per heavy atom. The summed E-state index contributed by atoms with van der Waals surface area (Å²) in [5.41, 5.74) is 8.01. The number of nitrogen functional groups attached to an aromatic ring is 1. The molecule has 0 amide bonds. The monoisotopic (exact) mass is 295 g/mol. The summed E-state index contributed by atoms with van der Waals surface area (Å²) in [6.45, 7) is 2.00. The number of hydrogen-bond acceptors (Lipinski definition) is 3. The highest BCUT2D eigenvalue weighted by Gasteiger charge is 2.13. The molecule has 0 saturated carbocycles. The van der Waals surface area contributed by atoms with E-state index in [-0.39, 0.29) is 5.75 Å². The summed E-state index contributed by atoms with van der Waals surface area (Å²) in [6.07, 6.45) is 0.764. The van der Waals surface area contributed by atoms with E-state index >= 15 is 0 Å². The lowest BCUT2D eigenvalue weighted by molar-refractivity contribution is 0.470. The number of halogens is 1. The van der Waals surface area contributed by atoms with Gasteiger partial charge in [0.25, 0.3) is 0 Å². The number of phenols is 1. The molecule has 0 fully saturated rings. The van der Waals surface area contributed by atoms with Crippen LogP contribution in [-0.2, 0) is 13.5 Å². The van der Waals surface area contributed by atoms with Crippen LogP contribution in [0.4, 0.5) is 5.82 Å². The van der Waals surface area contributed by atoms with Gasteiger partial charge >= 0.3 is 0 Å². The van der Waals surface area contributed by atoms with Gasteiger partial charge in [-0.3, -0.25) is 4.68 Å². The SMILES string of the molecule is CCc1cc(Br)cc(-c2cc(N)n(C)n2)c1O. The van der Waals surface area contributed by atoms with Crippen LogP contribution in [0.3, 0.4) is 0 Å². The van der Waals surface area contributed by atoms with Gasteiger partial charge in [-0.1, -0.05) is 22.9 Å². The Labute approximate surface area is 108 Å². The lowest BCUT2D eigenvalue weighted by atomic mass is 10.0. The van der Waals surface area contributed by atoms with Crippen LogP contribution in [0, 0.1) is 0 Å². The Morgan fingerprint density at radius 2 is 2.12 bits per heavy atom. The molecule has 3 N–H and O–H groups in total. The number of benzene rings is 1. The third kappa shape index (κ3) is 2.15. The molecule has 90 valence electrons. The minimum atomic E-state index is 0.272. The first-order valence-electron chi connectivity index (χ1n) is 5.34. The van der Waals surface area contributed by atoms with E-state index in [0.29, 0.717) is 17.1 Å². The first-order chi connectivity index (χ1) is 8.02. The summed E-state index contributed by atoms with van der Waals surface area (Å²) in [7, 11) is 1.77. The fourth-order valence-corrected chi connectivity index (χ4v) is 2.24. The summed E-state index contributed by atoms with van der Waals surface area (Å²) < 4.78 is 2.51. The molecule has 17 heavy (non-hydrogen) atoms. The molecule has 0 saturated heterocycles. The summed E-state index contributed by atoms with van der Waals surface area (Å²) >= 11 is 3.43. The highest BCUT2D eigenvalue weighted by molar-refractivity contribution is 9.10. The normalized spacial score (nSPS) is 10.8. The van der Waals surface area contributed by atoms with Crippen molar-refractivity contribution in [1.29, 1.82) is 0 Å². The van der Waals surface area contributed by atoms with Crippen molar-refractivity contribution in [3.63, 3.8) is 0 Å². The smallest absolute Gasteiger partial charge is 0.128 e. The van der Waals surface area contributed by atoms with E-state index in [4.69, 9.17) is 5.73 Å². The molecule has 0 aliphatic heterocycles. The summed E-state index contributed by atoms with van der Waals surface area (Å²) in [5, 5.41) is 14.4. The zero-order valence-electron chi connectivity index (χ0n) is 9.74. The highest BCUT2D eigenvalue weighted by atomic mass is 79.9. The van der Waals surface area contributed by atoms with Crippen molar-refractivity contribution in [2.45, 2.75) is 13.3 Å². The van der Waals surface area contributed by atoms with E-state index < -0.39 is 0 Å². The van der Waals surface area contributed by atoms with Gasteiger partial charge in [-0.2, -0.15) is 5.10 Å². The van der Waals surface area contributed by atoms with Crippen LogP contribution in [0.15, 0.2) is 22.7 Å². The molecular formula is C12H14BrN3O. The molecule has 0 radical (unpaired) electrons. The maximum absolute atomic E-state index is 10.2. The number of rotatable bonds is 2. The second-order valence-electron chi connectivity index (χ2n) is 3.89. The van der Waals surface area contributed by atoms with Crippen molar-refractivity contribution in [3.8, 4) is 17.0 Å². The molecule has 0 spiro atoms. The molecule has 0 unspecified atom stereocenters. The Hall–Kier alpha value is -1.49. The number of nitrogens with two attached hydrogens (primary N) is 1. The molecular weight excluding hydrogens is 282 g/mol. The molecule has 0 atom stereocenters. The van der Waals surface area contributed by atoms with E-state index in [1.54, 1.807) is 17.8 Å². The highest BCUT2D eigenvalue weighted by Crippen LogP contribution is 2.35. The van der Waals surface area contributed by atoms with Gasteiger partial charge in [0.15, 0.2) is 0 Å². The van der Waals surface area contributed by atoms with Gasteiger partial charge < -0.3 is 10.8 Å². The van der Waals surface area contributed by atoms with Crippen LogP contribution in [0.1, 0.15) is 12.5 Å². The number of aromatic nitrogens is 2. The maximum Gasteiger partial charge on any atom is 0.128 e. The molecule has 1 heterocycles. The van der Waals surface area contributed by atoms with Crippen molar-refractivity contribution in [2.24, 2.45) is 7.05 Å². The average molecular weight is 296 g/mol. The van der Waals surface area contributed by atoms with Crippen LogP contribution in [0.2, 0.25) is 0 Å². The zero-order valence-corrected chi connectivity index (χ0v) is 11.3. The lowest BCUT2D eigenvalue weighted by Crippen LogP contribution is -1.96. The second kappa shape index (κ2) is 4.41. The van der Waals surface area contributed by atoms with Crippen LogP contribution < -0.4 is 5.73 Å². The summed E-state index contributed by atoms with van der Waals surface area (Å²) in [6, 6.07) is 5.50. The van der Waals surface area contributed by atoms with Crippen LogP contribution >= 0.6 is 15.9 Å². The standard InChI is InChI=1S/C12H14BrN3O/c1-3-7-4-8(13)5-9(12(7)17)10-6-11(14)16(2)15-10/h4-6,17H,3,14H2,1-2H3. The Morgan fingerprint density at radius 1 is 1.41 bits per heavy atom. The molecule has 1 aromatic heterocycles. The van der Waals surface area contributed by atoms with E-state index in [1.807, 2.05) is 19.1 Å². The molecule has 1 aromatic carbocycles. The lowest BCUT2D eigenvalue weighted by Gasteiger charge is -2.07. The van der Waals surface area contributed by atoms with Gasteiger partial charge in [0.05, 0.1) is 5.69 Å². The van der Waals surface area contributed by atoms with Crippen LogP contribution in [0.5, 0.6) is 5.75 Å². The number of hydrogen-bond donors (Lipinski definition) is 2. The third-order valence-corrected chi connectivity index (χ3v) is 3.18. The quantitative estimate of drug-likeness (QED) is 0.895. The topological polar surface area (TPSA) is 64.1 Å². The van der Waals surface area contributed by atoms with Crippen molar-refractivity contribution >= 4 is 21.7 Å². The summed E-state index contributed by atoms with van der Waals surface area (Å²) in [5.74, 6) is 0.839. The van der Waals surface area contributed by atoms with Crippen molar-refractivity contribution in [1.82, 2.24) is 9.78 Å². The largest absolute Gasteiger partial charge is 0.507 e. The van der Waals surface area contributed by atoms with E-state index in [9.17, 15) is 5.11 Å². The van der Waals surface area contributed by atoms with Crippen molar-refractivity contribution in [2.75, 3.05) is 5.73 Å². The van der Waals surface area contributed by atoms with Gasteiger partial charge in [-0.25, -0.2) is 0 Å². The van der Waals surface area contributed by atoms with Gasteiger partial charge in [0.2, 0.25) is 0 Å². The Bertz CT molecular complexity index is 544. The van der Waals surface area contributed by atoms with Crippen LogP contribution in [0.25, 0.3) is 11.3 Å². The first-order valence-corrected chi connectivity index (χ1v) is 6.13. The van der Waals surface area contributed by atoms with Gasteiger partial charge in [0.1, 0.15) is 11.6 Å². The van der Waals surface area contributed by atoms with Crippen molar-refractivity contribution < 1.29 is 5.11 Å². The molecule has 4 nitrogen and oxygen atoms in total. The predicted octanol–water partition coefficient (Wildman–Crippen LogP) is 2.70. The fraction of sp³-hybridized carbons (Fsp3) is 0.250. The molecule has 5 heteroatoms. The zero-order chi connectivity index (χ0) is 12.6. The molecule has 0 bridgehead atoms. The molecule has 0 aliphatic carbocycles. The van der Waals surface area contributed by atoms with Crippen molar-refractivity contribution in [3.05, 3.63) is 28.2 Å². The minimum absolute atomic E-state index is 0.272. The second-order valence-corrected chi connectivity index (χ2v) is 4.81. The van der Waals surface area contributed by atoms with Gasteiger partial charge in [-0.15, -0.1) is 0 Å². The number of nitrogens with zero attached hydrogens (tertiary/aromatic N) is 2. The fourth-order valence-electron chi connectivity index (χ4n) is 1.73. The Balaban J connectivity index is 2.62. The summed E-state index contributed by atoms with van der Waals surface area (Å²) in [4.78, 5) is 0. The first kappa shape index (κ1) is 12.0.